The van der Waals surface area contributed by atoms with Crippen molar-refractivity contribution in [3.8, 4) is 17.2 Å². The maximum Gasteiger partial charge on any atom is 0.319 e. The first-order valence-corrected chi connectivity index (χ1v) is 13.5. The number of piperidine rings is 1. The predicted octanol–water partition coefficient (Wildman–Crippen LogP) is 3.82. The lowest BCUT2D eigenvalue weighted by atomic mass is 9.89. The van der Waals surface area contributed by atoms with Crippen molar-refractivity contribution in [2.45, 2.75) is 31.3 Å². The van der Waals surface area contributed by atoms with Gasteiger partial charge in [-0.3, -0.25) is 14.6 Å². The van der Waals surface area contributed by atoms with Crippen molar-refractivity contribution in [3.63, 3.8) is 0 Å². The first-order valence-electron chi connectivity index (χ1n) is 13.2. The van der Waals surface area contributed by atoms with Crippen LogP contribution in [0.3, 0.4) is 0 Å². The van der Waals surface area contributed by atoms with Crippen LogP contribution in [0.25, 0.3) is 0 Å². The van der Waals surface area contributed by atoms with Crippen molar-refractivity contribution in [1.82, 2.24) is 15.1 Å². The van der Waals surface area contributed by atoms with E-state index in [9.17, 15) is 9.59 Å². The summed E-state index contributed by atoms with van der Waals surface area (Å²) in [5.74, 6) is 1.56. The maximum absolute atomic E-state index is 13.1. The van der Waals surface area contributed by atoms with Gasteiger partial charge in [0.1, 0.15) is 0 Å². The number of methoxy groups -OCH3 is 3. The molecule has 228 valence electrons. The predicted molar refractivity (Wildman–Crippen MR) is 165 cm³/mol. The molecule has 3 amide bonds. The van der Waals surface area contributed by atoms with Gasteiger partial charge in [-0.25, -0.2) is 4.79 Å². The fourth-order valence-electron chi connectivity index (χ4n) is 5.66. The third kappa shape index (κ3) is 9.18. The second-order valence-electron chi connectivity index (χ2n) is 10.2. The smallest absolute Gasteiger partial charge is 0.319 e. The molecule has 2 unspecified atom stereocenters. The van der Waals surface area contributed by atoms with Crippen molar-refractivity contribution < 1.29 is 23.8 Å². The summed E-state index contributed by atoms with van der Waals surface area (Å²) >= 11 is 6.03. The molecule has 0 aromatic heterocycles. The van der Waals surface area contributed by atoms with Crippen LogP contribution in [0.4, 0.5) is 10.5 Å². The molecule has 2 saturated heterocycles. The Morgan fingerprint density at radius 3 is 2.12 bits per heavy atom. The highest BCUT2D eigenvalue weighted by Crippen LogP contribution is 2.40. The quantitative estimate of drug-likeness (QED) is 0.365. The molecule has 2 aromatic carbocycles. The van der Waals surface area contributed by atoms with Crippen LogP contribution in [0.15, 0.2) is 36.4 Å². The zero-order valence-electron chi connectivity index (χ0n) is 23.6. The first kappa shape index (κ1) is 34.6. The number of nitrogens with one attached hydrogen (secondary N) is 2. The standard InChI is InChI=1S/C28H38ClN5O5.2ClH/c1-37-24-13-21(14-25(38-2)27(24)39-3)31-28(36)32-22-15-33(17-26(30)35)16-23(22)34-10-8-19(9-11-34)12-18-4-6-20(29)7-5-18;;/h4-7,13-14,19,22-23H,8-12,15-17H2,1-3H3,(H2,30,35)(H2,31,32,36);2*1H. The van der Waals surface area contributed by atoms with Gasteiger partial charge in [0.25, 0.3) is 0 Å². The maximum atomic E-state index is 13.1. The molecule has 0 spiro atoms. The minimum Gasteiger partial charge on any atom is -0.493 e. The minimum atomic E-state index is -0.377. The summed E-state index contributed by atoms with van der Waals surface area (Å²) in [5, 5.41) is 6.76. The summed E-state index contributed by atoms with van der Waals surface area (Å²) in [6, 6.07) is 11.0. The Labute approximate surface area is 259 Å². The van der Waals surface area contributed by atoms with Gasteiger partial charge in [-0.1, -0.05) is 23.7 Å². The van der Waals surface area contributed by atoms with Gasteiger partial charge in [-0.05, 0) is 56.0 Å². The van der Waals surface area contributed by atoms with E-state index in [4.69, 9.17) is 31.5 Å². The third-order valence-corrected chi connectivity index (χ3v) is 7.79. The first-order chi connectivity index (χ1) is 18.8. The molecule has 2 aromatic rings. The highest BCUT2D eigenvalue weighted by atomic mass is 35.5. The number of hydrogen-bond donors (Lipinski definition) is 3. The van der Waals surface area contributed by atoms with Crippen LogP contribution in [0.1, 0.15) is 18.4 Å². The van der Waals surface area contributed by atoms with Crippen molar-refractivity contribution in [2.75, 3.05) is 59.4 Å². The minimum absolute atomic E-state index is 0. The number of urea groups is 1. The number of carbonyl (C=O) groups is 2. The number of likely N-dealkylation sites (tertiary alicyclic amines) is 2. The van der Waals surface area contributed by atoms with Crippen LogP contribution in [-0.4, -0.2) is 87.9 Å². The van der Waals surface area contributed by atoms with E-state index in [0.717, 1.165) is 37.4 Å². The van der Waals surface area contributed by atoms with Gasteiger partial charge in [0, 0.05) is 36.3 Å². The Balaban J connectivity index is 0.00000294. The summed E-state index contributed by atoms with van der Waals surface area (Å²) < 4.78 is 16.2. The number of primary amides is 1. The summed E-state index contributed by atoms with van der Waals surface area (Å²) in [5.41, 5.74) is 7.30. The molecule has 0 aliphatic carbocycles. The van der Waals surface area contributed by atoms with Gasteiger partial charge in [-0.2, -0.15) is 0 Å². The van der Waals surface area contributed by atoms with Crippen molar-refractivity contribution in [2.24, 2.45) is 11.7 Å². The number of hydrogen-bond acceptors (Lipinski definition) is 7. The van der Waals surface area contributed by atoms with Crippen LogP contribution < -0.4 is 30.6 Å². The lowest BCUT2D eigenvalue weighted by Gasteiger charge is -2.38. The number of ether oxygens (including phenoxy) is 3. The Morgan fingerprint density at radius 2 is 1.59 bits per heavy atom. The fraction of sp³-hybridized carbons (Fsp3) is 0.500. The number of benzene rings is 2. The summed E-state index contributed by atoms with van der Waals surface area (Å²) in [7, 11) is 4.57. The SMILES string of the molecule is COc1cc(NC(=O)NC2CN(CC(N)=O)CC2N2CCC(Cc3ccc(Cl)cc3)CC2)cc(OC)c1OC.Cl.Cl. The van der Waals surface area contributed by atoms with Gasteiger partial charge in [-0.15, -0.1) is 24.8 Å². The number of anilines is 1. The Bertz CT molecular complexity index is 1120. The fourth-order valence-corrected chi connectivity index (χ4v) is 5.78. The van der Waals surface area contributed by atoms with Crippen molar-refractivity contribution in [1.29, 1.82) is 0 Å². The monoisotopic (exact) mass is 631 g/mol. The van der Waals surface area contributed by atoms with Gasteiger partial charge in [0.2, 0.25) is 11.7 Å². The van der Waals surface area contributed by atoms with E-state index in [-0.39, 0.29) is 55.4 Å². The van der Waals surface area contributed by atoms with Crippen LogP contribution in [0.2, 0.25) is 5.02 Å². The molecule has 0 bridgehead atoms. The highest BCUT2D eigenvalue weighted by Gasteiger charge is 2.39. The van der Waals surface area contributed by atoms with E-state index in [1.807, 2.05) is 17.0 Å². The number of nitrogens with zero attached hydrogens (tertiary/aromatic N) is 2. The summed E-state index contributed by atoms with van der Waals surface area (Å²) in [6.07, 6.45) is 3.17. The molecular weight excluding hydrogens is 593 g/mol. The average molecular weight is 633 g/mol. The number of rotatable bonds is 10. The van der Waals surface area contributed by atoms with Gasteiger partial charge in [0.05, 0.1) is 39.6 Å². The molecule has 41 heavy (non-hydrogen) atoms. The summed E-state index contributed by atoms with van der Waals surface area (Å²) in [4.78, 5) is 29.2. The Morgan fingerprint density at radius 1 is 0.976 bits per heavy atom. The highest BCUT2D eigenvalue weighted by molar-refractivity contribution is 6.30. The number of carbonyl (C=O) groups excluding carboxylic acids is 2. The van der Waals surface area contributed by atoms with Crippen molar-refractivity contribution in [3.05, 3.63) is 47.0 Å². The molecule has 0 radical (unpaired) electrons. The molecule has 4 rings (SSSR count). The molecule has 4 N–H and O–H groups in total. The number of halogens is 3. The zero-order valence-corrected chi connectivity index (χ0v) is 25.9. The van der Waals surface area contributed by atoms with E-state index in [0.29, 0.717) is 41.9 Å². The van der Waals surface area contributed by atoms with Crippen LogP contribution in [0.5, 0.6) is 17.2 Å². The van der Waals surface area contributed by atoms with Crippen LogP contribution in [0, 0.1) is 5.92 Å². The van der Waals surface area contributed by atoms with E-state index in [1.165, 1.54) is 26.9 Å². The molecule has 2 aliphatic heterocycles. The molecule has 2 fully saturated rings. The second-order valence-corrected chi connectivity index (χ2v) is 10.6. The molecule has 10 nitrogen and oxygen atoms in total. The Hall–Kier alpha value is -2.63. The van der Waals surface area contributed by atoms with E-state index >= 15 is 0 Å². The van der Waals surface area contributed by atoms with Crippen molar-refractivity contribution >= 4 is 54.0 Å². The number of nitrogens with two attached hydrogens (primary N) is 1. The summed E-state index contributed by atoms with van der Waals surface area (Å²) in [6.45, 7) is 3.23. The topological polar surface area (TPSA) is 118 Å². The zero-order chi connectivity index (χ0) is 27.9. The lowest BCUT2D eigenvalue weighted by Crippen LogP contribution is -2.54. The largest absolute Gasteiger partial charge is 0.493 e. The van der Waals surface area contributed by atoms with Crippen LogP contribution >= 0.6 is 36.4 Å². The molecule has 2 atom stereocenters. The molecular formula is C28H40Cl3N5O5. The molecule has 13 heteroatoms. The third-order valence-electron chi connectivity index (χ3n) is 7.54. The van der Waals surface area contributed by atoms with E-state index < -0.39 is 0 Å². The molecule has 0 saturated carbocycles. The average Bonchev–Trinajstić information content (AvgIpc) is 3.30. The Kier molecular flexibility index (Phi) is 13.6. The molecule has 2 aliphatic rings. The second kappa shape index (κ2) is 16.1. The normalized spacial score (nSPS) is 19.4. The molecule has 2 heterocycles. The van der Waals surface area contributed by atoms with E-state index in [1.54, 1.807) is 12.1 Å². The van der Waals surface area contributed by atoms with Gasteiger partial charge in [0.15, 0.2) is 11.5 Å². The van der Waals surface area contributed by atoms with Gasteiger partial charge < -0.3 is 30.6 Å². The van der Waals surface area contributed by atoms with Crippen LogP contribution in [-0.2, 0) is 11.2 Å². The number of amides is 3. The lowest BCUT2D eigenvalue weighted by molar-refractivity contribution is -0.118. The van der Waals surface area contributed by atoms with E-state index in [2.05, 4.69) is 27.7 Å². The van der Waals surface area contributed by atoms with Gasteiger partial charge >= 0.3 is 6.03 Å².